The molecular formula is C14H24N4O. The Balaban J connectivity index is 2.64. The number of nitrogens with two attached hydrogens (primary N) is 1. The largest absolute Gasteiger partial charge is 0.357 e. The van der Waals surface area contributed by atoms with Gasteiger partial charge in [0.1, 0.15) is 5.82 Å². The van der Waals surface area contributed by atoms with E-state index in [0.29, 0.717) is 5.69 Å². The molecule has 0 spiro atoms. The number of pyridine rings is 1. The van der Waals surface area contributed by atoms with Crippen molar-refractivity contribution >= 4 is 17.4 Å². The molecule has 0 fully saturated rings. The van der Waals surface area contributed by atoms with Gasteiger partial charge >= 0.3 is 0 Å². The SMILES string of the molecule is CCN(CC)c1ccc(NC(=O)CC(C)(C)N)cn1. The molecule has 1 heterocycles. The van der Waals surface area contributed by atoms with Crippen molar-refractivity contribution < 1.29 is 4.79 Å². The highest BCUT2D eigenvalue weighted by molar-refractivity contribution is 5.91. The van der Waals surface area contributed by atoms with Gasteiger partial charge in [-0.25, -0.2) is 4.98 Å². The Morgan fingerprint density at radius 1 is 1.37 bits per heavy atom. The van der Waals surface area contributed by atoms with E-state index in [0.717, 1.165) is 18.9 Å². The molecule has 0 unspecified atom stereocenters. The van der Waals surface area contributed by atoms with Gasteiger partial charge in [0.05, 0.1) is 11.9 Å². The molecule has 0 aliphatic carbocycles. The van der Waals surface area contributed by atoms with Crippen molar-refractivity contribution in [2.45, 2.75) is 39.7 Å². The predicted octanol–water partition coefficient (Wildman–Crippen LogP) is 1.99. The second-order valence-electron chi connectivity index (χ2n) is 5.29. The molecule has 19 heavy (non-hydrogen) atoms. The van der Waals surface area contributed by atoms with Crippen LogP contribution in [0.4, 0.5) is 11.5 Å². The number of anilines is 2. The molecule has 1 aromatic heterocycles. The number of carbonyl (C=O) groups excluding carboxylic acids is 1. The molecule has 0 radical (unpaired) electrons. The minimum Gasteiger partial charge on any atom is -0.357 e. The third-order valence-electron chi connectivity index (χ3n) is 2.74. The topological polar surface area (TPSA) is 71.2 Å². The van der Waals surface area contributed by atoms with E-state index in [1.807, 2.05) is 26.0 Å². The smallest absolute Gasteiger partial charge is 0.226 e. The summed E-state index contributed by atoms with van der Waals surface area (Å²) >= 11 is 0. The zero-order valence-corrected chi connectivity index (χ0v) is 12.2. The lowest BCUT2D eigenvalue weighted by atomic mass is 10.0. The van der Waals surface area contributed by atoms with E-state index in [-0.39, 0.29) is 12.3 Å². The van der Waals surface area contributed by atoms with Crippen molar-refractivity contribution in [3.05, 3.63) is 18.3 Å². The van der Waals surface area contributed by atoms with Gasteiger partial charge in [0.15, 0.2) is 0 Å². The van der Waals surface area contributed by atoms with Crippen LogP contribution in [-0.4, -0.2) is 29.5 Å². The number of nitrogens with zero attached hydrogens (tertiary/aromatic N) is 2. The monoisotopic (exact) mass is 264 g/mol. The average Bonchev–Trinajstić information content (AvgIpc) is 2.30. The lowest BCUT2D eigenvalue weighted by Gasteiger charge is -2.20. The van der Waals surface area contributed by atoms with Crippen LogP contribution < -0.4 is 16.0 Å². The van der Waals surface area contributed by atoms with Gasteiger partial charge < -0.3 is 16.0 Å². The first-order chi connectivity index (χ1) is 8.85. The maximum Gasteiger partial charge on any atom is 0.226 e. The van der Waals surface area contributed by atoms with Crippen LogP contribution in [0.3, 0.4) is 0 Å². The summed E-state index contributed by atoms with van der Waals surface area (Å²) in [6, 6.07) is 3.78. The molecule has 1 rings (SSSR count). The van der Waals surface area contributed by atoms with Gasteiger partial charge in [0.25, 0.3) is 0 Å². The minimum atomic E-state index is -0.501. The van der Waals surface area contributed by atoms with Gasteiger partial charge in [-0.05, 0) is 39.8 Å². The Morgan fingerprint density at radius 3 is 2.42 bits per heavy atom. The standard InChI is InChI=1S/C14H24N4O/c1-5-18(6-2)12-8-7-11(10-16-12)17-13(19)9-14(3,4)15/h7-8,10H,5-6,9,15H2,1-4H3,(H,17,19). The van der Waals surface area contributed by atoms with Gasteiger partial charge in [-0.2, -0.15) is 0 Å². The van der Waals surface area contributed by atoms with Crippen molar-refractivity contribution in [2.75, 3.05) is 23.3 Å². The third kappa shape index (κ3) is 5.26. The number of carbonyl (C=O) groups is 1. The van der Waals surface area contributed by atoms with Crippen molar-refractivity contribution in [1.82, 2.24) is 4.98 Å². The Labute approximate surface area is 115 Å². The maximum absolute atomic E-state index is 11.7. The lowest BCUT2D eigenvalue weighted by molar-refractivity contribution is -0.117. The zero-order chi connectivity index (χ0) is 14.5. The molecule has 0 aromatic carbocycles. The Bertz CT molecular complexity index is 404. The predicted molar refractivity (Wildman–Crippen MR) is 79.3 cm³/mol. The van der Waals surface area contributed by atoms with Crippen molar-refractivity contribution in [3.8, 4) is 0 Å². The van der Waals surface area contributed by atoms with Crippen molar-refractivity contribution in [1.29, 1.82) is 0 Å². The molecule has 1 aromatic rings. The quantitative estimate of drug-likeness (QED) is 0.824. The number of hydrogen-bond donors (Lipinski definition) is 2. The highest BCUT2D eigenvalue weighted by Crippen LogP contribution is 2.14. The summed E-state index contributed by atoms with van der Waals surface area (Å²) in [4.78, 5) is 18.2. The van der Waals surface area contributed by atoms with E-state index in [4.69, 9.17) is 5.73 Å². The molecule has 0 atom stereocenters. The fourth-order valence-corrected chi connectivity index (χ4v) is 1.81. The van der Waals surface area contributed by atoms with Gasteiger partial charge in [0.2, 0.25) is 5.91 Å². The molecule has 0 saturated carbocycles. The van der Waals surface area contributed by atoms with E-state index in [2.05, 4.69) is 29.0 Å². The highest BCUT2D eigenvalue weighted by atomic mass is 16.1. The van der Waals surface area contributed by atoms with E-state index in [1.165, 1.54) is 0 Å². The fraction of sp³-hybridized carbons (Fsp3) is 0.571. The zero-order valence-electron chi connectivity index (χ0n) is 12.2. The Morgan fingerprint density at radius 2 is 2.00 bits per heavy atom. The fourth-order valence-electron chi connectivity index (χ4n) is 1.81. The summed E-state index contributed by atoms with van der Waals surface area (Å²) in [5, 5.41) is 2.80. The van der Waals surface area contributed by atoms with E-state index < -0.39 is 5.54 Å². The van der Waals surface area contributed by atoms with Gasteiger partial charge in [-0.15, -0.1) is 0 Å². The van der Waals surface area contributed by atoms with Crippen LogP contribution in [0.2, 0.25) is 0 Å². The molecule has 1 amide bonds. The summed E-state index contributed by atoms with van der Waals surface area (Å²) in [6.07, 6.45) is 1.96. The molecule has 0 saturated heterocycles. The van der Waals surface area contributed by atoms with Crippen LogP contribution >= 0.6 is 0 Å². The molecule has 106 valence electrons. The van der Waals surface area contributed by atoms with E-state index >= 15 is 0 Å². The molecule has 5 heteroatoms. The van der Waals surface area contributed by atoms with Crippen LogP contribution in [0.15, 0.2) is 18.3 Å². The van der Waals surface area contributed by atoms with Crippen molar-refractivity contribution in [2.24, 2.45) is 5.73 Å². The lowest BCUT2D eigenvalue weighted by Crippen LogP contribution is -2.36. The number of amides is 1. The first-order valence-corrected chi connectivity index (χ1v) is 6.65. The Hall–Kier alpha value is -1.62. The van der Waals surface area contributed by atoms with Gasteiger partial charge in [-0.3, -0.25) is 4.79 Å². The highest BCUT2D eigenvalue weighted by Gasteiger charge is 2.16. The molecule has 5 nitrogen and oxygen atoms in total. The van der Waals surface area contributed by atoms with Crippen LogP contribution in [0.1, 0.15) is 34.1 Å². The van der Waals surface area contributed by atoms with Crippen molar-refractivity contribution in [3.63, 3.8) is 0 Å². The number of aromatic nitrogens is 1. The second-order valence-corrected chi connectivity index (χ2v) is 5.29. The summed E-state index contributed by atoms with van der Waals surface area (Å²) < 4.78 is 0. The van der Waals surface area contributed by atoms with Crippen LogP contribution in [0, 0.1) is 0 Å². The molecule has 0 bridgehead atoms. The Kier molecular flexibility index (Phi) is 5.30. The van der Waals surface area contributed by atoms with E-state index in [9.17, 15) is 4.79 Å². The third-order valence-corrected chi connectivity index (χ3v) is 2.74. The summed E-state index contributed by atoms with van der Waals surface area (Å²) in [7, 11) is 0. The van der Waals surface area contributed by atoms with Crippen LogP contribution in [-0.2, 0) is 4.79 Å². The number of rotatable bonds is 6. The van der Waals surface area contributed by atoms with E-state index in [1.54, 1.807) is 6.20 Å². The van der Waals surface area contributed by atoms with Gasteiger partial charge in [-0.1, -0.05) is 0 Å². The first-order valence-electron chi connectivity index (χ1n) is 6.65. The number of hydrogen-bond acceptors (Lipinski definition) is 4. The molecule has 3 N–H and O–H groups in total. The summed E-state index contributed by atoms with van der Waals surface area (Å²) in [5.74, 6) is 0.826. The number of nitrogens with one attached hydrogen (secondary N) is 1. The minimum absolute atomic E-state index is 0.0927. The summed E-state index contributed by atoms with van der Waals surface area (Å²) in [6.45, 7) is 9.66. The van der Waals surface area contributed by atoms with Crippen LogP contribution in [0.5, 0.6) is 0 Å². The van der Waals surface area contributed by atoms with Crippen LogP contribution in [0.25, 0.3) is 0 Å². The first kappa shape index (κ1) is 15.4. The molecule has 0 aliphatic rings. The second kappa shape index (κ2) is 6.52. The molecule has 0 aliphatic heterocycles. The molecular weight excluding hydrogens is 240 g/mol. The van der Waals surface area contributed by atoms with Gasteiger partial charge in [0, 0.05) is 25.0 Å². The normalized spacial score (nSPS) is 11.2. The average molecular weight is 264 g/mol. The summed E-state index contributed by atoms with van der Waals surface area (Å²) in [5.41, 5.74) is 6.00. The maximum atomic E-state index is 11.7.